The number of halogens is 1. The Kier molecular flexibility index (Phi) is 5.47. The van der Waals surface area contributed by atoms with Gasteiger partial charge >= 0.3 is 0 Å². The molecule has 0 aliphatic rings. The molecule has 0 heterocycles. The van der Waals surface area contributed by atoms with Crippen LogP contribution in [0.3, 0.4) is 0 Å². The Labute approximate surface area is 121 Å². The monoisotopic (exact) mass is 295 g/mol. The van der Waals surface area contributed by atoms with E-state index in [1.165, 1.54) is 23.1 Å². The highest BCUT2D eigenvalue weighted by Crippen LogP contribution is 2.25. The minimum Gasteiger partial charge on any atom is -0.338 e. The van der Waals surface area contributed by atoms with Gasteiger partial charge in [-0.15, -0.1) is 0 Å². The van der Waals surface area contributed by atoms with E-state index in [2.05, 4.69) is 6.07 Å². The van der Waals surface area contributed by atoms with Crippen molar-refractivity contribution in [2.24, 2.45) is 5.92 Å². The highest BCUT2D eigenvalue weighted by Gasteiger charge is 2.20. The lowest BCUT2D eigenvalue weighted by atomic mass is 10.1. The molecule has 1 atom stereocenters. The average Bonchev–Trinajstić information content (AvgIpc) is 2.43. The van der Waals surface area contributed by atoms with Crippen LogP contribution in [0.25, 0.3) is 0 Å². The Morgan fingerprint density at radius 2 is 2.25 bits per heavy atom. The Bertz CT molecular complexity index is 568. The van der Waals surface area contributed by atoms with Crippen LogP contribution in [0, 0.1) is 27.4 Å². The van der Waals surface area contributed by atoms with Crippen molar-refractivity contribution in [2.75, 3.05) is 13.1 Å². The molecule has 0 radical (unpaired) electrons. The third kappa shape index (κ3) is 3.68. The first-order valence-electron chi connectivity index (χ1n) is 6.03. The fraction of sp³-hybridized carbons (Fsp3) is 0.385. The zero-order valence-electron chi connectivity index (χ0n) is 11.2. The molecule has 0 saturated heterocycles. The van der Waals surface area contributed by atoms with Gasteiger partial charge in [-0.2, -0.15) is 5.26 Å². The van der Waals surface area contributed by atoms with Gasteiger partial charge in [-0.1, -0.05) is 11.6 Å². The van der Waals surface area contributed by atoms with Crippen molar-refractivity contribution in [1.29, 1.82) is 5.26 Å². The molecule has 0 saturated carbocycles. The zero-order valence-corrected chi connectivity index (χ0v) is 11.9. The zero-order chi connectivity index (χ0) is 15.3. The SMILES string of the molecule is CCN(CC(C)C#N)C(=O)c1ccc([N+](=O)[O-])c(Cl)c1. The van der Waals surface area contributed by atoms with Gasteiger partial charge in [0.25, 0.3) is 11.6 Å². The Morgan fingerprint density at radius 1 is 1.60 bits per heavy atom. The van der Waals surface area contributed by atoms with E-state index in [4.69, 9.17) is 16.9 Å². The molecular weight excluding hydrogens is 282 g/mol. The molecule has 0 aromatic heterocycles. The van der Waals surface area contributed by atoms with Gasteiger partial charge in [0.2, 0.25) is 0 Å². The fourth-order valence-corrected chi connectivity index (χ4v) is 1.95. The number of carbonyl (C=O) groups is 1. The summed E-state index contributed by atoms with van der Waals surface area (Å²) < 4.78 is 0. The molecule has 6 nitrogen and oxygen atoms in total. The van der Waals surface area contributed by atoms with Crippen molar-refractivity contribution in [3.05, 3.63) is 38.9 Å². The van der Waals surface area contributed by atoms with Gasteiger partial charge in [-0.25, -0.2) is 0 Å². The molecule has 7 heteroatoms. The lowest BCUT2D eigenvalue weighted by Crippen LogP contribution is -2.34. The number of nitriles is 1. The maximum Gasteiger partial charge on any atom is 0.287 e. The second-order valence-corrected chi connectivity index (χ2v) is 4.70. The van der Waals surface area contributed by atoms with Gasteiger partial charge in [0, 0.05) is 24.7 Å². The minimum atomic E-state index is -0.605. The van der Waals surface area contributed by atoms with Crippen LogP contribution in [-0.4, -0.2) is 28.8 Å². The molecule has 0 N–H and O–H groups in total. The number of benzene rings is 1. The number of carbonyl (C=O) groups excluding carboxylic acids is 1. The van der Waals surface area contributed by atoms with Gasteiger partial charge < -0.3 is 4.90 Å². The van der Waals surface area contributed by atoms with Crippen LogP contribution in [0.5, 0.6) is 0 Å². The molecular formula is C13H14ClN3O3. The summed E-state index contributed by atoms with van der Waals surface area (Å²) in [6.45, 7) is 4.27. The van der Waals surface area contributed by atoms with E-state index in [1.54, 1.807) is 13.8 Å². The molecule has 20 heavy (non-hydrogen) atoms. The minimum absolute atomic E-state index is 0.0785. The molecule has 0 spiro atoms. The standard InChI is InChI=1S/C13H14ClN3O3/c1-3-16(8-9(2)7-15)13(18)10-4-5-12(17(19)20)11(14)6-10/h4-6,9H,3,8H2,1-2H3. The lowest BCUT2D eigenvalue weighted by Gasteiger charge is -2.22. The quantitative estimate of drug-likeness (QED) is 0.617. The highest BCUT2D eigenvalue weighted by atomic mass is 35.5. The number of hydrogen-bond acceptors (Lipinski definition) is 4. The van der Waals surface area contributed by atoms with E-state index in [9.17, 15) is 14.9 Å². The maximum atomic E-state index is 12.2. The molecule has 106 valence electrons. The summed E-state index contributed by atoms with van der Waals surface area (Å²) in [6, 6.07) is 5.91. The van der Waals surface area contributed by atoms with Crippen LogP contribution >= 0.6 is 11.6 Å². The smallest absolute Gasteiger partial charge is 0.287 e. The topological polar surface area (TPSA) is 87.2 Å². The van der Waals surface area contributed by atoms with Crippen LogP contribution < -0.4 is 0 Å². The van der Waals surface area contributed by atoms with Crippen LogP contribution in [0.1, 0.15) is 24.2 Å². The molecule has 0 fully saturated rings. The number of nitrogens with zero attached hydrogens (tertiary/aromatic N) is 3. The third-order valence-corrected chi connectivity index (χ3v) is 3.08. The third-order valence-electron chi connectivity index (χ3n) is 2.77. The van der Waals surface area contributed by atoms with Crippen LogP contribution in [0.15, 0.2) is 18.2 Å². The Morgan fingerprint density at radius 3 is 2.70 bits per heavy atom. The molecule has 1 aromatic carbocycles. The van der Waals surface area contributed by atoms with Crippen molar-refractivity contribution < 1.29 is 9.72 Å². The summed E-state index contributed by atoms with van der Waals surface area (Å²) in [6.07, 6.45) is 0. The maximum absolute atomic E-state index is 12.2. The molecule has 0 bridgehead atoms. The van der Waals surface area contributed by atoms with E-state index in [0.717, 1.165) is 0 Å². The number of nitro groups is 1. The van der Waals surface area contributed by atoms with E-state index in [0.29, 0.717) is 13.1 Å². The molecule has 0 aliphatic heterocycles. The van der Waals surface area contributed by atoms with E-state index < -0.39 is 4.92 Å². The number of hydrogen-bond donors (Lipinski definition) is 0. The lowest BCUT2D eigenvalue weighted by molar-refractivity contribution is -0.384. The normalized spacial score (nSPS) is 11.5. The average molecular weight is 296 g/mol. The largest absolute Gasteiger partial charge is 0.338 e. The molecule has 0 aliphatic carbocycles. The van der Waals surface area contributed by atoms with Crippen LogP contribution in [0.4, 0.5) is 5.69 Å². The van der Waals surface area contributed by atoms with Crippen molar-refractivity contribution in [3.63, 3.8) is 0 Å². The fourth-order valence-electron chi connectivity index (χ4n) is 1.70. The molecule has 1 rings (SSSR count). The summed E-state index contributed by atoms with van der Waals surface area (Å²) >= 11 is 5.78. The van der Waals surface area contributed by atoms with Gasteiger partial charge in [0.15, 0.2) is 0 Å². The second-order valence-electron chi connectivity index (χ2n) is 4.30. The summed E-state index contributed by atoms with van der Waals surface area (Å²) in [7, 11) is 0. The number of rotatable bonds is 5. The van der Waals surface area contributed by atoms with Crippen LogP contribution in [0.2, 0.25) is 5.02 Å². The van der Waals surface area contributed by atoms with Gasteiger partial charge in [-0.05, 0) is 26.0 Å². The van der Waals surface area contributed by atoms with Crippen molar-refractivity contribution in [1.82, 2.24) is 4.90 Å². The summed E-state index contributed by atoms with van der Waals surface area (Å²) in [5, 5.41) is 19.4. The van der Waals surface area contributed by atoms with Crippen molar-refractivity contribution in [3.8, 4) is 6.07 Å². The van der Waals surface area contributed by atoms with Gasteiger partial charge in [-0.3, -0.25) is 14.9 Å². The van der Waals surface area contributed by atoms with E-state index in [1.807, 2.05) is 0 Å². The molecule has 1 unspecified atom stereocenters. The predicted octanol–water partition coefficient (Wildman–Crippen LogP) is 2.87. The van der Waals surface area contributed by atoms with Crippen LogP contribution in [-0.2, 0) is 0 Å². The number of amides is 1. The van der Waals surface area contributed by atoms with Crippen molar-refractivity contribution in [2.45, 2.75) is 13.8 Å². The van der Waals surface area contributed by atoms with E-state index in [-0.39, 0.29) is 28.1 Å². The first-order chi connectivity index (χ1) is 9.40. The molecule has 1 amide bonds. The van der Waals surface area contributed by atoms with E-state index >= 15 is 0 Å². The first kappa shape index (κ1) is 15.9. The van der Waals surface area contributed by atoms with Crippen molar-refractivity contribution >= 4 is 23.2 Å². The van der Waals surface area contributed by atoms with Gasteiger partial charge in [0.05, 0.1) is 16.9 Å². The predicted molar refractivity (Wildman–Crippen MR) is 74.5 cm³/mol. The van der Waals surface area contributed by atoms with Gasteiger partial charge in [0.1, 0.15) is 5.02 Å². The Hall–Kier alpha value is -2.13. The first-order valence-corrected chi connectivity index (χ1v) is 6.41. The highest BCUT2D eigenvalue weighted by molar-refractivity contribution is 6.33. The summed E-state index contributed by atoms with van der Waals surface area (Å²) in [4.78, 5) is 23.8. The summed E-state index contributed by atoms with van der Waals surface area (Å²) in [5.41, 5.74) is 0.0317. The Balaban J connectivity index is 2.99. The molecule has 1 aromatic rings. The second kappa shape index (κ2) is 6.87. The number of nitro benzene ring substituents is 1. The summed E-state index contributed by atoms with van der Waals surface area (Å²) in [5.74, 6) is -0.584.